The summed E-state index contributed by atoms with van der Waals surface area (Å²) in [7, 11) is 1.66. The Kier molecular flexibility index (Phi) is 5.50. The molecule has 32 heavy (non-hydrogen) atoms. The Morgan fingerprint density at radius 1 is 1.12 bits per heavy atom. The first kappa shape index (κ1) is 21.6. The fourth-order valence-corrected chi connectivity index (χ4v) is 4.02. The van der Waals surface area contributed by atoms with E-state index in [1.165, 1.54) is 17.4 Å². The number of carbonyl (C=O) groups excluding carboxylic acids is 2. The van der Waals surface area contributed by atoms with Crippen molar-refractivity contribution in [3.05, 3.63) is 71.0 Å². The molecule has 1 aliphatic heterocycles. The van der Waals surface area contributed by atoms with Gasteiger partial charge in [-0.15, -0.1) is 0 Å². The van der Waals surface area contributed by atoms with Crippen molar-refractivity contribution < 1.29 is 14.3 Å². The predicted octanol–water partition coefficient (Wildman–Crippen LogP) is 3.80. The van der Waals surface area contributed by atoms with Gasteiger partial charge in [-0.3, -0.25) is 14.3 Å². The lowest BCUT2D eigenvalue weighted by Crippen LogP contribution is -2.59. The first-order valence-corrected chi connectivity index (χ1v) is 10.7. The first-order chi connectivity index (χ1) is 15.2. The number of anilines is 2. The summed E-state index contributed by atoms with van der Waals surface area (Å²) in [6.07, 6.45) is 0.830. The van der Waals surface area contributed by atoms with Crippen LogP contribution in [0.5, 0.6) is 5.75 Å². The molecule has 0 saturated carbocycles. The van der Waals surface area contributed by atoms with Gasteiger partial charge in [-0.05, 0) is 57.4 Å². The van der Waals surface area contributed by atoms with E-state index in [9.17, 15) is 9.59 Å². The highest BCUT2D eigenvalue weighted by Gasteiger charge is 2.50. The third-order valence-electron chi connectivity index (χ3n) is 6.01. The smallest absolute Gasteiger partial charge is 0.280 e. The van der Waals surface area contributed by atoms with Crippen molar-refractivity contribution in [2.45, 2.75) is 46.3 Å². The number of fused-ring (bicyclic) bond motifs is 1. The summed E-state index contributed by atoms with van der Waals surface area (Å²) in [6, 6.07) is 15.7. The fourth-order valence-electron chi connectivity index (χ4n) is 4.02. The summed E-state index contributed by atoms with van der Waals surface area (Å²) in [5.41, 5.74) is 3.34. The van der Waals surface area contributed by atoms with Gasteiger partial charge in [-0.25, -0.2) is 0 Å². The molecule has 2 heterocycles. The zero-order chi connectivity index (χ0) is 23.0. The van der Waals surface area contributed by atoms with Gasteiger partial charge in [0.2, 0.25) is 0 Å². The molecule has 0 bridgehead atoms. The highest BCUT2D eigenvalue weighted by molar-refractivity contribution is 6.19. The minimum atomic E-state index is -1.68. The lowest BCUT2D eigenvalue weighted by molar-refractivity contribution is -0.144. The molecule has 7 nitrogen and oxygen atoms in total. The number of likely N-dealkylation sites (N-methyl/N-ethyl adjacent to an activating group) is 1. The van der Waals surface area contributed by atoms with Gasteiger partial charge in [0.05, 0.1) is 22.8 Å². The molecule has 1 unspecified atom stereocenters. The number of nitrogens with zero attached hydrogens (tertiary/aromatic N) is 3. The lowest BCUT2D eigenvalue weighted by atomic mass is 9.99. The molecule has 2 amide bonds. The SMILES string of the molecule is Cc1ccc2c(c1)N(C)C(=O)C(C)(C(=O)Nc1c(C)nn(CCc3ccccc3)c1C)O2. The van der Waals surface area contributed by atoms with Crippen molar-refractivity contribution in [2.24, 2.45) is 0 Å². The van der Waals surface area contributed by atoms with E-state index in [4.69, 9.17) is 4.74 Å². The first-order valence-electron chi connectivity index (χ1n) is 10.7. The maximum Gasteiger partial charge on any atom is 0.280 e. The second-order valence-corrected chi connectivity index (χ2v) is 8.43. The minimum absolute atomic E-state index is 0.417. The maximum atomic E-state index is 13.3. The number of hydrogen-bond acceptors (Lipinski definition) is 4. The number of aryl methyl sites for hydroxylation is 4. The molecule has 0 aliphatic carbocycles. The molecule has 1 aromatic heterocycles. The molecule has 1 aliphatic rings. The predicted molar refractivity (Wildman–Crippen MR) is 124 cm³/mol. The van der Waals surface area contributed by atoms with E-state index in [-0.39, 0.29) is 0 Å². The summed E-state index contributed by atoms with van der Waals surface area (Å²) in [4.78, 5) is 27.9. The summed E-state index contributed by atoms with van der Waals surface area (Å²) in [5, 5.41) is 7.50. The van der Waals surface area contributed by atoms with Gasteiger partial charge in [-0.2, -0.15) is 5.10 Å². The average Bonchev–Trinajstić information content (AvgIpc) is 3.05. The molecular formula is C25H28N4O3. The van der Waals surface area contributed by atoms with Gasteiger partial charge >= 0.3 is 0 Å². The van der Waals surface area contributed by atoms with Crippen molar-refractivity contribution in [1.82, 2.24) is 9.78 Å². The van der Waals surface area contributed by atoms with E-state index in [2.05, 4.69) is 22.5 Å². The summed E-state index contributed by atoms with van der Waals surface area (Å²) < 4.78 is 7.84. The van der Waals surface area contributed by atoms with E-state index >= 15 is 0 Å². The van der Waals surface area contributed by atoms with Crippen LogP contribution in [0.4, 0.5) is 11.4 Å². The van der Waals surface area contributed by atoms with Crippen molar-refractivity contribution in [3.8, 4) is 5.75 Å². The van der Waals surface area contributed by atoms with Crippen LogP contribution >= 0.6 is 0 Å². The topological polar surface area (TPSA) is 76.5 Å². The Morgan fingerprint density at radius 3 is 2.56 bits per heavy atom. The number of amides is 2. The van der Waals surface area contributed by atoms with E-state index in [1.54, 1.807) is 13.1 Å². The number of rotatable bonds is 5. The Morgan fingerprint density at radius 2 is 1.84 bits per heavy atom. The quantitative estimate of drug-likeness (QED) is 0.622. The van der Waals surface area contributed by atoms with Gasteiger partial charge in [0.15, 0.2) is 0 Å². The normalized spacial score (nSPS) is 17.7. The van der Waals surface area contributed by atoms with Crippen molar-refractivity contribution in [2.75, 3.05) is 17.3 Å². The van der Waals surface area contributed by atoms with Crippen LogP contribution in [0.3, 0.4) is 0 Å². The van der Waals surface area contributed by atoms with Crippen LogP contribution in [-0.4, -0.2) is 34.2 Å². The third-order valence-corrected chi connectivity index (χ3v) is 6.01. The molecule has 7 heteroatoms. The zero-order valence-electron chi connectivity index (χ0n) is 19.1. The summed E-state index contributed by atoms with van der Waals surface area (Å²) in [5.74, 6) is -0.434. The Balaban J connectivity index is 1.55. The number of carbonyl (C=O) groups is 2. The number of hydrogen-bond donors (Lipinski definition) is 1. The molecular weight excluding hydrogens is 404 g/mol. The number of aromatic nitrogens is 2. The van der Waals surface area contributed by atoms with E-state index in [0.717, 1.165) is 17.7 Å². The van der Waals surface area contributed by atoms with Gasteiger partial charge in [0.25, 0.3) is 17.4 Å². The lowest BCUT2D eigenvalue weighted by Gasteiger charge is -2.38. The van der Waals surface area contributed by atoms with Crippen molar-refractivity contribution >= 4 is 23.2 Å². The van der Waals surface area contributed by atoms with Gasteiger partial charge in [0.1, 0.15) is 5.75 Å². The molecule has 4 rings (SSSR count). The van der Waals surface area contributed by atoms with Gasteiger partial charge in [0, 0.05) is 13.6 Å². The maximum absolute atomic E-state index is 13.3. The van der Waals surface area contributed by atoms with Crippen LogP contribution in [0, 0.1) is 20.8 Å². The molecule has 2 aromatic carbocycles. The Labute approximate surface area is 188 Å². The number of ether oxygens (including phenoxy) is 1. The zero-order valence-corrected chi connectivity index (χ0v) is 19.1. The van der Waals surface area contributed by atoms with Crippen LogP contribution < -0.4 is 15.0 Å². The van der Waals surface area contributed by atoms with E-state index in [1.807, 2.05) is 55.8 Å². The van der Waals surface area contributed by atoms with Crippen molar-refractivity contribution in [3.63, 3.8) is 0 Å². The van der Waals surface area contributed by atoms with Crippen LogP contribution in [0.1, 0.15) is 29.4 Å². The number of nitrogens with one attached hydrogen (secondary N) is 1. The van der Waals surface area contributed by atoms with Crippen LogP contribution in [-0.2, 0) is 22.6 Å². The average molecular weight is 433 g/mol. The van der Waals surface area contributed by atoms with E-state index in [0.29, 0.717) is 29.4 Å². The summed E-state index contributed by atoms with van der Waals surface area (Å²) >= 11 is 0. The second-order valence-electron chi connectivity index (χ2n) is 8.43. The Hall–Kier alpha value is -3.61. The second kappa shape index (κ2) is 8.15. The molecule has 1 N–H and O–H groups in total. The van der Waals surface area contributed by atoms with Gasteiger partial charge in [-0.1, -0.05) is 36.4 Å². The minimum Gasteiger partial charge on any atom is -0.465 e. The van der Waals surface area contributed by atoms with Crippen LogP contribution in [0.25, 0.3) is 0 Å². The standard InChI is InChI=1S/C25H28N4O3/c1-16-11-12-21-20(15-16)28(5)24(31)25(4,32-21)23(30)26-22-17(2)27-29(18(22)3)14-13-19-9-7-6-8-10-19/h6-12,15H,13-14H2,1-5H3,(H,26,30). The number of benzene rings is 2. The molecule has 1 atom stereocenters. The molecule has 166 valence electrons. The highest BCUT2D eigenvalue weighted by Crippen LogP contribution is 2.38. The van der Waals surface area contributed by atoms with Crippen LogP contribution in [0.2, 0.25) is 0 Å². The molecule has 3 aromatic rings. The molecule has 0 saturated heterocycles. The highest BCUT2D eigenvalue weighted by atomic mass is 16.5. The van der Waals surface area contributed by atoms with Gasteiger partial charge < -0.3 is 15.0 Å². The van der Waals surface area contributed by atoms with Crippen molar-refractivity contribution in [1.29, 1.82) is 0 Å². The van der Waals surface area contributed by atoms with E-state index < -0.39 is 17.4 Å². The molecule has 0 spiro atoms. The van der Waals surface area contributed by atoms with Crippen LogP contribution in [0.15, 0.2) is 48.5 Å². The summed E-state index contributed by atoms with van der Waals surface area (Å²) in [6.45, 7) is 7.90. The molecule has 0 radical (unpaired) electrons. The third kappa shape index (κ3) is 3.75. The fraction of sp³-hybridized carbons (Fsp3) is 0.320. The molecule has 0 fully saturated rings. The Bertz CT molecular complexity index is 1190. The largest absolute Gasteiger partial charge is 0.465 e. The monoisotopic (exact) mass is 432 g/mol.